The van der Waals surface area contributed by atoms with Gasteiger partial charge < -0.3 is 10.0 Å². The molecule has 2 heterocycles. The van der Waals surface area contributed by atoms with Crippen LogP contribution in [0.5, 0.6) is 0 Å². The molecule has 0 radical (unpaired) electrons. The Morgan fingerprint density at radius 3 is 2.61 bits per heavy atom. The van der Waals surface area contributed by atoms with Gasteiger partial charge in [0.05, 0.1) is 6.61 Å². The molecule has 0 unspecified atom stereocenters. The van der Waals surface area contributed by atoms with Crippen molar-refractivity contribution >= 4 is 5.82 Å². The Morgan fingerprint density at radius 1 is 1.39 bits per heavy atom. The van der Waals surface area contributed by atoms with Gasteiger partial charge in [-0.05, 0) is 48.8 Å². The van der Waals surface area contributed by atoms with Crippen molar-refractivity contribution in [3.8, 4) is 0 Å². The van der Waals surface area contributed by atoms with Crippen molar-refractivity contribution in [1.29, 1.82) is 0 Å². The van der Waals surface area contributed by atoms with Crippen LogP contribution in [0.1, 0.15) is 44.2 Å². The molecule has 1 saturated heterocycles. The van der Waals surface area contributed by atoms with E-state index in [1.807, 2.05) is 6.07 Å². The fraction of sp³-hybridized carbons (Fsp3) is 0.667. The van der Waals surface area contributed by atoms with E-state index in [0.717, 1.165) is 24.5 Å². The largest absolute Gasteiger partial charge is 0.392 e. The molecule has 1 fully saturated rings. The third-order valence-corrected chi connectivity index (χ3v) is 4.53. The summed E-state index contributed by atoms with van der Waals surface area (Å²) in [6.45, 7) is 8.96. The smallest absolute Gasteiger partial charge is 0.131 e. The van der Waals surface area contributed by atoms with Gasteiger partial charge in [0.25, 0.3) is 0 Å². The minimum absolute atomic E-state index is 0.0714. The van der Waals surface area contributed by atoms with Crippen molar-refractivity contribution in [2.24, 2.45) is 5.41 Å². The monoisotopic (exact) mass is 248 g/mol. The summed E-state index contributed by atoms with van der Waals surface area (Å²) >= 11 is 0. The molecule has 1 aliphatic rings. The number of nitrogens with zero attached hydrogens (tertiary/aromatic N) is 2. The van der Waals surface area contributed by atoms with Crippen LogP contribution in [0.25, 0.3) is 0 Å². The Morgan fingerprint density at radius 2 is 2.11 bits per heavy atom. The number of aryl methyl sites for hydroxylation is 1. The van der Waals surface area contributed by atoms with Crippen molar-refractivity contribution < 1.29 is 5.11 Å². The van der Waals surface area contributed by atoms with Gasteiger partial charge in [0.1, 0.15) is 5.82 Å². The average molecular weight is 248 g/mol. The number of pyridine rings is 1. The average Bonchev–Trinajstić information content (AvgIpc) is 2.83. The lowest BCUT2D eigenvalue weighted by atomic mass is 9.82. The van der Waals surface area contributed by atoms with Crippen LogP contribution in [0.3, 0.4) is 0 Å². The van der Waals surface area contributed by atoms with E-state index in [1.165, 1.54) is 24.8 Å². The molecule has 18 heavy (non-hydrogen) atoms. The molecule has 1 N–H and O–H groups in total. The van der Waals surface area contributed by atoms with Gasteiger partial charge in [-0.1, -0.05) is 13.8 Å². The number of aromatic nitrogens is 1. The number of rotatable bonds is 4. The fourth-order valence-electron chi connectivity index (χ4n) is 2.99. The van der Waals surface area contributed by atoms with Gasteiger partial charge in [0.15, 0.2) is 0 Å². The first kappa shape index (κ1) is 13.3. The van der Waals surface area contributed by atoms with Gasteiger partial charge >= 0.3 is 0 Å². The zero-order valence-corrected chi connectivity index (χ0v) is 11.7. The third kappa shape index (κ3) is 2.37. The topological polar surface area (TPSA) is 36.4 Å². The van der Waals surface area contributed by atoms with Crippen LogP contribution in [0.2, 0.25) is 0 Å². The molecule has 3 nitrogen and oxygen atoms in total. The summed E-state index contributed by atoms with van der Waals surface area (Å²) in [5.74, 6) is 1.09. The van der Waals surface area contributed by atoms with Crippen molar-refractivity contribution in [2.45, 2.75) is 46.6 Å². The maximum Gasteiger partial charge on any atom is 0.131 e. The van der Waals surface area contributed by atoms with Gasteiger partial charge in [-0.25, -0.2) is 4.98 Å². The second-order valence-electron chi connectivity index (χ2n) is 5.52. The highest BCUT2D eigenvalue weighted by Crippen LogP contribution is 2.39. The van der Waals surface area contributed by atoms with E-state index in [4.69, 9.17) is 5.11 Å². The third-order valence-electron chi connectivity index (χ3n) is 4.53. The molecule has 1 aromatic rings. The maximum absolute atomic E-state index is 9.12. The Kier molecular flexibility index (Phi) is 3.91. The van der Waals surface area contributed by atoms with Crippen molar-refractivity contribution in [2.75, 3.05) is 18.0 Å². The summed E-state index contributed by atoms with van der Waals surface area (Å²) in [6, 6.07) is 2.04. The molecular formula is C15H24N2O. The fourth-order valence-corrected chi connectivity index (χ4v) is 2.99. The summed E-state index contributed by atoms with van der Waals surface area (Å²) < 4.78 is 0. The minimum atomic E-state index is 0.0714. The standard InChI is InChI=1S/C15H24N2O/c1-4-15(5-2)6-7-17(11-15)14-12(3)8-13(10-18)9-16-14/h8-9,18H,4-7,10-11H2,1-3H3. The second-order valence-corrected chi connectivity index (χ2v) is 5.52. The van der Waals surface area contributed by atoms with E-state index >= 15 is 0 Å². The lowest BCUT2D eigenvalue weighted by Gasteiger charge is -2.27. The Balaban J connectivity index is 2.19. The Hall–Kier alpha value is -1.09. The highest BCUT2D eigenvalue weighted by Gasteiger charge is 2.35. The Labute approximate surface area is 110 Å². The van der Waals surface area contributed by atoms with E-state index in [1.54, 1.807) is 6.20 Å². The van der Waals surface area contributed by atoms with Crippen LogP contribution in [0.15, 0.2) is 12.3 Å². The molecule has 2 rings (SSSR count). The molecule has 1 aliphatic heterocycles. The molecule has 0 amide bonds. The molecule has 0 aliphatic carbocycles. The number of hydrogen-bond donors (Lipinski definition) is 1. The SMILES string of the molecule is CCC1(CC)CCN(c2ncc(CO)cc2C)C1. The van der Waals surface area contributed by atoms with Gasteiger partial charge in [-0.3, -0.25) is 0 Å². The summed E-state index contributed by atoms with van der Waals surface area (Å²) in [5.41, 5.74) is 2.54. The molecular weight excluding hydrogens is 224 g/mol. The van der Waals surface area contributed by atoms with Crippen LogP contribution in [-0.2, 0) is 6.61 Å². The van der Waals surface area contributed by atoms with Gasteiger partial charge in [0.2, 0.25) is 0 Å². The maximum atomic E-state index is 9.12. The van der Waals surface area contributed by atoms with Crippen molar-refractivity contribution in [3.63, 3.8) is 0 Å². The number of aliphatic hydroxyl groups excluding tert-OH is 1. The summed E-state index contributed by atoms with van der Waals surface area (Å²) in [5, 5.41) is 9.12. The molecule has 0 atom stereocenters. The van der Waals surface area contributed by atoms with Crippen LogP contribution in [0, 0.1) is 12.3 Å². The molecule has 0 spiro atoms. The van der Waals surface area contributed by atoms with Gasteiger partial charge in [-0.2, -0.15) is 0 Å². The molecule has 1 aromatic heterocycles. The van der Waals surface area contributed by atoms with E-state index in [2.05, 4.69) is 30.7 Å². The first-order valence-corrected chi connectivity index (χ1v) is 6.95. The van der Waals surface area contributed by atoms with Crippen molar-refractivity contribution in [1.82, 2.24) is 4.98 Å². The Bertz CT molecular complexity index is 413. The van der Waals surface area contributed by atoms with E-state index in [0.29, 0.717) is 5.41 Å². The van der Waals surface area contributed by atoms with Crippen LogP contribution >= 0.6 is 0 Å². The zero-order valence-electron chi connectivity index (χ0n) is 11.7. The molecule has 0 saturated carbocycles. The van der Waals surface area contributed by atoms with Crippen molar-refractivity contribution in [3.05, 3.63) is 23.4 Å². The zero-order chi connectivity index (χ0) is 13.2. The second kappa shape index (κ2) is 5.27. The summed E-state index contributed by atoms with van der Waals surface area (Å²) in [6.07, 6.45) is 5.55. The first-order valence-electron chi connectivity index (χ1n) is 6.95. The quantitative estimate of drug-likeness (QED) is 0.890. The summed E-state index contributed by atoms with van der Waals surface area (Å²) in [4.78, 5) is 6.94. The summed E-state index contributed by atoms with van der Waals surface area (Å²) in [7, 11) is 0. The molecule has 3 heteroatoms. The molecule has 0 bridgehead atoms. The lowest BCUT2D eigenvalue weighted by molar-refractivity contribution is 0.281. The van der Waals surface area contributed by atoms with Gasteiger partial charge in [0, 0.05) is 19.3 Å². The highest BCUT2D eigenvalue weighted by atomic mass is 16.3. The number of hydrogen-bond acceptors (Lipinski definition) is 3. The predicted molar refractivity (Wildman–Crippen MR) is 74.7 cm³/mol. The minimum Gasteiger partial charge on any atom is -0.392 e. The van der Waals surface area contributed by atoms with Gasteiger partial charge in [-0.15, -0.1) is 0 Å². The van der Waals surface area contributed by atoms with E-state index in [9.17, 15) is 0 Å². The molecule has 100 valence electrons. The van der Waals surface area contributed by atoms with Crippen LogP contribution in [-0.4, -0.2) is 23.2 Å². The van der Waals surface area contributed by atoms with E-state index < -0.39 is 0 Å². The molecule has 0 aromatic carbocycles. The first-order chi connectivity index (χ1) is 8.64. The van der Waals surface area contributed by atoms with E-state index in [-0.39, 0.29) is 6.61 Å². The van der Waals surface area contributed by atoms with Crippen LogP contribution < -0.4 is 4.90 Å². The van der Waals surface area contributed by atoms with Crippen LogP contribution in [0.4, 0.5) is 5.82 Å². The lowest BCUT2D eigenvalue weighted by Crippen LogP contribution is -2.27. The number of anilines is 1. The number of aliphatic hydroxyl groups is 1. The normalized spacial score (nSPS) is 18.3. The predicted octanol–water partition coefficient (Wildman–Crippen LogP) is 2.90. The highest BCUT2D eigenvalue weighted by molar-refractivity contribution is 5.48.